The molecule has 108 valence electrons. The van der Waals surface area contributed by atoms with Gasteiger partial charge in [-0.15, -0.1) is 0 Å². The van der Waals surface area contributed by atoms with Crippen LogP contribution >= 0.6 is 0 Å². The Morgan fingerprint density at radius 3 is 2.26 bits per heavy atom. The van der Waals surface area contributed by atoms with E-state index >= 15 is 0 Å². The maximum atomic E-state index is 11.9. The number of hydrogen-bond acceptors (Lipinski definition) is 2. The molecule has 0 spiro atoms. The summed E-state index contributed by atoms with van der Waals surface area (Å²) in [6, 6.07) is 9.43. The van der Waals surface area contributed by atoms with Crippen LogP contribution in [0.3, 0.4) is 0 Å². The maximum Gasteiger partial charge on any atom is 0.411 e. The number of halogens is 3. The Balaban J connectivity index is 2.46. The molecule has 0 heterocycles. The van der Waals surface area contributed by atoms with Crippen LogP contribution < -0.4 is 5.73 Å². The molecule has 0 saturated heterocycles. The fourth-order valence-electron chi connectivity index (χ4n) is 1.84. The van der Waals surface area contributed by atoms with E-state index in [-0.39, 0.29) is 18.1 Å². The van der Waals surface area contributed by atoms with Gasteiger partial charge in [0, 0.05) is 18.1 Å². The summed E-state index contributed by atoms with van der Waals surface area (Å²) in [6.45, 7) is 2.76. The minimum atomic E-state index is -4.28. The van der Waals surface area contributed by atoms with Gasteiger partial charge in [0.1, 0.15) is 6.61 Å². The summed E-state index contributed by atoms with van der Waals surface area (Å²) in [4.78, 5) is 0. The molecule has 0 aliphatic carbocycles. The number of benzene rings is 1. The Morgan fingerprint density at radius 1 is 1.16 bits per heavy atom. The molecule has 0 fully saturated rings. The predicted octanol–water partition coefficient (Wildman–Crippen LogP) is 3.26. The van der Waals surface area contributed by atoms with Crippen molar-refractivity contribution >= 4 is 0 Å². The average Bonchev–Trinajstić information content (AvgIpc) is 2.34. The topological polar surface area (TPSA) is 35.2 Å². The molecule has 0 bridgehead atoms. The fourth-order valence-corrected chi connectivity index (χ4v) is 1.84. The standard InChI is InChI=1S/C14H20F3NO/c1-13(2,11-6-4-3-5-7-11)12(18)8-9-19-10-14(15,16)17/h3-7,12H,8-10,18H2,1-2H3. The first-order valence-electron chi connectivity index (χ1n) is 6.19. The van der Waals surface area contributed by atoms with Gasteiger partial charge in [-0.3, -0.25) is 0 Å². The molecule has 5 heteroatoms. The molecule has 19 heavy (non-hydrogen) atoms. The van der Waals surface area contributed by atoms with Crippen LogP contribution in [0.1, 0.15) is 25.8 Å². The first-order valence-corrected chi connectivity index (χ1v) is 6.19. The summed E-state index contributed by atoms with van der Waals surface area (Å²) >= 11 is 0. The largest absolute Gasteiger partial charge is 0.411 e. The maximum absolute atomic E-state index is 11.9. The van der Waals surface area contributed by atoms with Crippen LogP contribution in [0.25, 0.3) is 0 Å². The van der Waals surface area contributed by atoms with E-state index in [0.717, 1.165) is 5.56 Å². The van der Waals surface area contributed by atoms with Gasteiger partial charge in [-0.05, 0) is 12.0 Å². The molecule has 2 N–H and O–H groups in total. The van der Waals surface area contributed by atoms with Crippen LogP contribution in [-0.4, -0.2) is 25.4 Å². The van der Waals surface area contributed by atoms with Gasteiger partial charge in [-0.25, -0.2) is 0 Å². The van der Waals surface area contributed by atoms with Gasteiger partial charge in [-0.1, -0.05) is 44.2 Å². The molecule has 2 nitrogen and oxygen atoms in total. The molecular weight excluding hydrogens is 255 g/mol. The molecule has 0 amide bonds. The second-order valence-electron chi connectivity index (χ2n) is 5.15. The van der Waals surface area contributed by atoms with Crippen LogP contribution in [0, 0.1) is 0 Å². The van der Waals surface area contributed by atoms with Crippen molar-refractivity contribution in [2.75, 3.05) is 13.2 Å². The third kappa shape index (κ3) is 5.20. The third-order valence-electron chi connectivity index (χ3n) is 3.28. The highest BCUT2D eigenvalue weighted by Crippen LogP contribution is 2.27. The Bertz CT molecular complexity index is 376. The third-order valence-corrected chi connectivity index (χ3v) is 3.28. The Kier molecular flexibility index (Phi) is 5.38. The Labute approximate surface area is 111 Å². The quantitative estimate of drug-likeness (QED) is 0.809. The van der Waals surface area contributed by atoms with Crippen LogP contribution in [0.15, 0.2) is 30.3 Å². The summed E-state index contributed by atoms with van der Waals surface area (Å²) < 4.78 is 40.4. The molecule has 1 rings (SSSR count). The summed E-state index contributed by atoms with van der Waals surface area (Å²) in [6.07, 6.45) is -3.89. The van der Waals surface area contributed by atoms with Crippen molar-refractivity contribution in [3.05, 3.63) is 35.9 Å². The normalized spacial score (nSPS) is 14.4. The second kappa shape index (κ2) is 6.39. The van der Waals surface area contributed by atoms with Crippen molar-refractivity contribution in [2.45, 2.75) is 37.9 Å². The highest BCUT2D eigenvalue weighted by Gasteiger charge is 2.30. The zero-order chi connectivity index (χ0) is 14.5. The summed E-state index contributed by atoms with van der Waals surface area (Å²) in [5, 5.41) is 0. The molecule has 0 aromatic heterocycles. The van der Waals surface area contributed by atoms with Crippen molar-refractivity contribution in [3.63, 3.8) is 0 Å². The summed E-state index contributed by atoms with van der Waals surface area (Å²) in [5.74, 6) is 0. The van der Waals surface area contributed by atoms with E-state index in [1.165, 1.54) is 0 Å². The predicted molar refractivity (Wildman–Crippen MR) is 68.9 cm³/mol. The van der Waals surface area contributed by atoms with E-state index in [9.17, 15) is 13.2 Å². The summed E-state index contributed by atoms with van der Waals surface area (Å²) in [7, 11) is 0. The lowest BCUT2D eigenvalue weighted by atomic mass is 9.77. The molecule has 1 aromatic rings. The van der Waals surface area contributed by atoms with Crippen molar-refractivity contribution in [1.29, 1.82) is 0 Å². The SMILES string of the molecule is CC(C)(c1ccccc1)C(N)CCOCC(F)(F)F. The minimum Gasteiger partial charge on any atom is -0.372 e. The number of hydrogen-bond donors (Lipinski definition) is 1. The van der Waals surface area contributed by atoms with Crippen molar-refractivity contribution < 1.29 is 17.9 Å². The highest BCUT2D eigenvalue weighted by atomic mass is 19.4. The van der Waals surface area contributed by atoms with Gasteiger partial charge in [0.15, 0.2) is 0 Å². The van der Waals surface area contributed by atoms with Gasteiger partial charge in [0.05, 0.1) is 0 Å². The molecule has 0 saturated carbocycles. The van der Waals surface area contributed by atoms with Crippen LogP contribution in [0.4, 0.5) is 13.2 Å². The molecular formula is C14H20F3NO. The fraction of sp³-hybridized carbons (Fsp3) is 0.571. The van der Waals surface area contributed by atoms with Crippen molar-refractivity contribution in [2.24, 2.45) is 5.73 Å². The minimum absolute atomic E-state index is 0.0109. The van der Waals surface area contributed by atoms with Crippen molar-refractivity contribution in [1.82, 2.24) is 0 Å². The van der Waals surface area contributed by atoms with E-state index in [1.807, 2.05) is 44.2 Å². The van der Waals surface area contributed by atoms with Crippen LogP contribution in [0.5, 0.6) is 0 Å². The van der Waals surface area contributed by atoms with E-state index in [2.05, 4.69) is 4.74 Å². The first-order chi connectivity index (χ1) is 8.73. The zero-order valence-corrected chi connectivity index (χ0v) is 11.2. The van der Waals surface area contributed by atoms with E-state index in [1.54, 1.807) is 0 Å². The van der Waals surface area contributed by atoms with Gasteiger partial charge in [0.2, 0.25) is 0 Å². The Hall–Kier alpha value is -1.07. The van der Waals surface area contributed by atoms with E-state index < -0.39 is 12.8 Å². The van der Waals surface area contributed by atoms with Crippen LogP contribution in [0.2, 0.25) is 0 Å². The molecule has 0 aliphatic heterocycles. The average molecular weight is 275 g/mol. The smallest absolute Gasteiger partial charge is 0.372 e. The number of ether oxygens (including phenoxy) is 1. The zero-order valence-electron chi connectivity index (χ0n) is 11.2. The molecule has 1 atom stereocenters. The van der Waals surface area contributed by atoms with Gasteiger partial charge >= 0.3 is 6.18 Å². The van der Waals surface area contributed by atoms with Gasteiger partial charge in [0.25, 0.3) is 0 Å². The van der Waals surface area contributed by atoms with Gasteiger partial charge in [-0.2, -0.15) is 13.2 Å². The lowest BCUT2D eigenvalue weighted by molar-refractivity contribution is -0.174. The number of nitrogens with two attached hydrogens (primary N) is 1. The second-order valence-corrected chi connectivity index (χ2v) is 5.15. The summed E-state index contributed by atoms with van der Waals surface area (Å²) in [5.41, 5.74) is 6.84. The monoisotopic (exact) mass is 275 g/mol. The van der Waals surface area contributed by atoms with Gasteiger partial charge < -0.3 is 10.5 Å². The molecule has 0 aliphatic rings. The van der Waals surface area contributed by atoms with Crippen molar-refractivity contribution in [3.8, 4) is 0 Å². The first kappa shape index (κ1) is 16.0. The van der Waals surface area contributed by atoms with E-state index in [0.29, 0.717) is 6.42 Å². The lowest BCUT2D eigenvalue weighted by Crippen LogP contribution is -2.41. The number of rotatable bonds is 6. The number of alkyl halides is 3. The highest BCUT2D eigenvalue weighted by molar-refractivity contribution is 5.25. The molecule has 0 radical (unpaired) electrons. The van der Waals surface area contributed by atoms with Crippen LogP contribution in [-0.2, 0) is 10.2 Å². The lowest BCUT2D eigenvalue weighted by Gasteiger charge is -2.32. The molecule has 1 aromatic carbocycles. The molecule has 1 unspecified atom stereocenters. The van der Waals surface area contributed by atoms with E-state index in [4.69, 9.17) is 5.73 Å². The Morgan fingerprint density at radius 2 is 1.74 bits per heavy atom.